The van der Waals surface area contributed by atoms with Gasteiger partial charge in [-0.15, -0.1) is 0 Å². The highest BCUT2D eigenvalue weighted by molar-refractivity contribution is 5.76. The van der Waals surface area contributed by atoms with Crippen molar-refractivity contribution in [2.75, 3.05) is 27.3 Å². The van der Waals surface area contributed by atoms with Crippen molar-refractivity contribution in [2.24, 2.45) is 5.92 Å². The summed E-state index contributed by atoms with van der Waals surface area (Å²) in [6.07, 6.45) is 6.47. The van der Waals surface area contributed by atoms with Crippen LogP contribution in [0.1, 0.15) is 30.7 Å². The molecule has 2 heterocycles. The number of aromatic nitrogens is 2. The van der Waals surface area contributed by atoms with Crippen LogP contribution in [-0.2, 0) is 17.6 Å². The van der Waals surface area contributed by atoms with Crippen molar-refractivity contribution in [2.45, 2.75) is 38.1 Å². The van der Waals surface area contributed by atoms with E-state index >= 15 is 0 Å². The zero-order chi connectivity index (χ0) is 26.2. The van der Waals surface area contributed by atoms with E-state index in [1.165, 1.54) is 6.07 Å². The number of rotatable bonds is 10. The number of carbonyl (C=O) groups excluding carboxylic acids is 1. The Balaban J connectivity index is 1.37. The molecule has 1 saturated heterocycles. The number of methoxy groups -OCH3 is 2. The fraction of sp³-hybridized carbons (Fsp3) is 0.393. The van der Waals surface area contributed by atoms with E-state index in [4.69, 9.17) is 9.47 Å². The zero-order valence-electron chi connectivity index (χ0n) is 21.1. The molecule has 1 aromatic heterocycles. The van der Waals surface area contributed by atoms with Crippen molar-refractivity contribution >= 4 is 5.91 Å². The SMILES string of the molecule is COc1ccc(-c2cnc(CCC(=O)NC(Cc3ccc(F)c(F)c3)C3CCCNC3)nc2)cc1OC. The Morgan fingerprint density at radius 1 is 1.05 bits per heavy atom. The van der Waals surface area contributed by atoms with Gasteiger partial charge in [0.25, 0.3) is 0 Å². The van der Waals surface area contributed by atoms with E-state index in [0.29, 0.717) is 35.7 Å². The molecule has 2 N–H and O–H groups in total. The Morgan fingerprint density at radius 2 is 1.84 bits per heavy atom. The molecule has 0 spiro atoms. The Morgan fingerprint density at radius 3 is 2.51 bits per heavy atom. The number of ether oxygens (including phenoxy) is 2. The molecule has 1 fully saturated rings. The van der Waals surface area contributed by atoms with Gasteiger partial charge in [-0.05, 0) is 73.7 Å². The van der Waals surface area contributed by atoms with Crippen molar-refractivity contribution < 1.29 is 23.0 Å². The van der Waals surface area contributed by atoms with Gasteiger partial charge in [0.05, 0.1) is 14.2 Å². The van der Waals surface area contributed by atoms with Crippen LogP contribution in [0.4, 0.5) is 8.78 Å². The van der Waals surface area contributed by atoms with E-state index in [1.807, 2.05) is 18.2 Å². The first-order chi connectivity index (χ1) is 18.0. The molecule has 2 atom stereocenters. The number of hydrogen-bond donors (Lipinski definition) is 2. The summed E-state index contributed by atoms with van der Waals surface area (Å²) >= 11 is 0. The Labute approximate surface area is 215 Å². The van der Waals surface area contributed by atoms with Crippen molar-refractivity contribution in [3.8, 4) is 22.6 Å². The second kappa shape index (κ2) is 12.6. The van der Waals surface area contributed by atoms with Crippen molar-refractivity contribution in [1.82, 2.24) is 20.6 Å². The first-order valence-electron chi connectivity index (χ1n) is 12.4. The molecule has 196 valence electrons. The van der Waals surface area contributed by atoms with Gasteiger partial charge in [-0.2, -0.15) is 0 Å². The van der Waals surface area contributed by atoms with Crippen LogP contribution in [0, 0.1) is 17.6 Å². The maximum Gasteiger partial charge on any atom is 0.220 e. The first-order valence-corrected chi connectivity index (χ1v) is 12.4. The number of amides is 1. The second-order valence-electron chi connectivity index (χ2n) is 9.19. The molecule has 1 aliphatic rings. The number of carbonyl (C=O) groups is 1. The van der Waals surface area contributed by atoms with Gasteiger partial charge in [0, 0.05) is 36.8 Å². The summed E-state index contributed by atoms with van der Waals surface area (Å²) in [7, 11) is 3.17. The van der Waals surface area contributed by atoms with E-state index in [0.717, 1.165) is 43.1 Å². The van der Waals surface area contributed by atoms with Crippen molar-refractivity contribution in [1.29, 1.82) is 0 Å². The van der Waals surface area contributed by atoms with E-state index in [1.54, 1.807) is 32.7 Å². The van der Waals surface area contributed by atoms with E-state index in [9.17, 15) is 13.6 Å². The number of piperidine rings is 1. The van der Waals surface area contributed by atoms with Crippen molar-refractivity contribution in [3.63, 3.8) is 0 Å². The predicted octanol–water partition coefficient (Wildman–Crippen LogP) is 4.10. The average Bonchev–Trinajstić information content (AvgIpc) is 2.94. The number of halogens is 2. The highest BCUT2D eigenvalue weighted by Crippen LogP contribution is 2.31. The number of hydrogen-bond acceptors (Lipinski definition) is 6. The highest BCUT2D eigenvalue weighted by Gasteiger charge is 2.25. The van der Waals surface area contributed by atoms with Gasteiger partial charge >= 0.3 is 0 Å². The van der Waals surface area contributed by atoms with Gasteiger partial charge in [-0.3, -0.25) is 4.79 Å². The molecule has 1 aliphatic heterocycles. The minimum atomic E-state index is -0.877. The minimum absolute atomic E-state index is 0.120. The molecule has 2 aromatic carbocycles. The number of nitrogens with one attached hydrogen (secondary N) is 2. The number of aryl methyl sites for hydroxylation is 1. The van der Waals surface area contributed by atoms with Gasteiger partial charge in [-0.25, -0.2) is 18.7 Å². The van der Waals surface area contributed by atoms with E-state index < -0.39 is 11.6 Å². The molecule has 4 rings (SSSR count). The Bertz CT molecular complexity index is 1200. The summed E-state index contributed by atoms with van der Waals surface area (Å²) in [5, 5.41) is 6.49. The normalized spacial score (nSPS) is 16.2. The zero-order valence-corrected chi connectivity index (χ0v) is 21.1. The van der Waals surface area contributed by atoms with Crippen LogP contribution in [-0.4, -0.2) is 49.2 Å². The lowest BCUT2D eigenvalue weighted by atomic mass is 9.87. The summed E-state index contributed by atoms with van der Waals surface area (Å²) in [4.78, 5) is 21.7. The quantitative estimate of drug-likeness (QED) is 0.427. The molecule has 7 nitrogen and oxygen atoms in total. The van der Waals surface area contributed by atoms with Crippen LogP contribution in [0.15, 0.2) is 48.8 Å². The monoisotopic (exact) mass is 510 g/mol. The summed E-state index contributed by atoms with van der Waals surface area (Å²) < 4.78 is 37.8. The summed E-state index contributed by atoms with van der Waals surface area (Å²) in [6.45, 7) is 1.72. The van der Waals surface area contributed by atoms with Crippen LogP contribution < -0.4 is 20.1 Å². The fourth-order valence-corrected chi connectivity index (χ4v) is 4.63. The molecule has 0 radical (unpaired) electrons. The van der Waals surface area contributed by atoms with Gasteiger partial charge in [-0.1, -0.05) is 12.1 Å². The Hall–Kier alpha value is -3.59. The lowest BCUT2D eigenvalue weighted by Crippen LogP contribution is -2.47. The fourth-order valence-electron chi connectivity index (χ4n) is 4.63. The third-order valence-corrected chi connectivity index (χ3v) is 6.69. The van der Waals surface area contributed by atoms with Gasteiger partial charge < -0.3 is 20.1 Å². The topological polar surface area (TPSA) is 85.4 Å². The molecular weight excluding hydrogens is 478 g/mol. The first kappa shape index (κ1) is 26.5. The smallest absolute Gasteiger partial charge is 0.220 e. The largest absolute Gasteiger partial charge is 0.493 e. The van der Waals surface area contributed by atoms with Crippen LogP contribution in [0.5, 0.6) is 11.5 Å². The molecule has 9 heteroatoms. The molecule has 1 amide bonds. The van der Waals surface area contributed by atoms with Gasteiger partial charge in [0.15, 0.2) is 23.1 Å². The lowest BCUT2D eigenvalue weighted by Gasteiger charge is -2.31. The van der Waals surface area contributed by atoms with Crippen LogP contribution >= 0.6 is 0 Å². The molecule has 0 bridgehead atoms. The van der Waals surface area contributed by atoms with E-state index in [-0.39, 0.29) is 24.3 Å². The molecule has 0 aliphatic carbocycles. The summed E-state index contributed by atoms with van der Waals surface area (Å²) in [5.41, 5.74) is 2.37. The van der Waals surface area contributed by atoms with Gasteiger partial charge in [0.1, 0.15) is 5.82 Å². The highest BCUT2D eigenvalue weighted by atomic mass is 19.2. The maximum atomic E-state index is 13.8. The molecular formula is C28H32F2N4O3. The molecule has 37 heavy (non-hydrogen) atoms. The number of nitrogens with zero attached hydrogens (tertiary/aromatic N) is 2. The third-order valence-electron chi connectivity index (χ3n) is 6.69. The van der Waals surface area contributed by atoms with Crippen LogP contribution in [0.3, 0.4) is 0 Å². The lowest BCUT2D eigenvalue weighted by molar-refractivity contribution is -0.122. The van der Waals surface area contributed by atoms with Crippen LogP contribution in [0.2, 0.25) is 0 Å². The van der Waals surface area contributed by atoms with E-state index in [2.05, 4.69) is 20.6 Å². The maximum absolute atomic E-state index is 13.8. The molecule has 2 unspecified atom stereocenters. The number of benzene rings is 2. The molecule has 0 saturated carbocycles. The average molecular weight is 511 g/mol. The summed E-state index contributed by atoms with van der Waals surface area (Å²) in [6, 6.07) is 9.31. The summed E-state index contributed by atoms with van der Waals surface area (Å²) in [5.74, 6) is 0.164. The second-order valence-corrected chi connectivity index (χ2v) is 9.19. The predicted molar refractivity (Wildman–Crippen MR) is 136 cm³/mol. The van der Waals surface area contributed by atoms with Crippen molar-refractivity contribution in [3.05, 3.63) is 71.8 Å². The minimum Gasteiger partial charge on any atom is -0.493 e. The Kier molecular flexibility index (Phi) is 9.00. The van der Waals surface area contributed by atoms with Crippen LogP contribution in [0.25, 0.3) is 11.1 Å². The molecule has 3 aromatic rings. The standard InChI is InChI=1S/C28H32F2N4O3/c1-36-25-8-6-19(14-26(25)37-2)21-16-32-27(33-17-21)9-10-28(35)34-24(20-4-3-11-31-15-20)13-18-5-7-22(29)23(30)12-18/h5-8,12,14,16-17,20,24,31H,3-4,9-11,13,15H2,1-2H3,(H,34,35). The van der Waals surface area contributed by atoms with Gasteiger partial charge in [0.2, 0.25) is 5.91 Å². The third kappa shape index (κ3) is 7.01.